The Kier molecular flexibility index (Phi) is 4.52. The van der Waals surface area contributed by atoms with Crippen molar-refractivity contribution in [2.24, 2.45) is 0 Å². The molecule has 2 rings (SSSR count). The van der Waals surface area contributed by atoms with Crippen LogP contribution in [0.25, 0.3) is 11.2 Å². The fourth-order valence-electron chi connectivity index (χ4n) is 1.41. The predicted octanol–water partition coefficient (Wildman–Crippen LogP) is 1.67. The predicted molar refractivity (Wildman–Crippen MR) is 67.9 cm³/mol. The molecule has 0 aliphatic heterocycles. The van der Waals surface area contributed by atoms with Crippen LogP contribution in [0.4, 0.5) is 0 Å². The topological polar surface area (TPSA) is 79.1 Å². The minimum Gasteiger partial charge on any atom is -0.464 e. The number of rotatable bonds is 5. The summed E-state index contributed by atoms with van der Waals surface area (Å²) in [5.41, 5.74) is 0.861. The van der Waals surface area contributed by atoms with Crippen molar-refractivity contribution in [1.29, 1.82) is 0 Å². The zero-order chi connectivity index (χ0) is 13.8. The van der Waals surface area contributed by atoms with E-state index in [0.29, 0.717) is 17.8 Å². The summed E-state index contributed by atoms with van der Waals surface area (Å²) in [5.74, 6) is -0.433. The van der Waals surface area contributed by atoms with Gasteiger partial charge in [-0.05, 0) is 18.5 Å². The van der Waals surface area contributed by atoms with Crippen molar-refractivity contribution < 1.29 is 14.3 Å². The van der Waals surface area contributed by atoms with Crippen LogP contribution in [-0.2, 0) is 21.0 Å². The highest BCUT2D eigenvalue weighted by molar-refractivity contribution is 6.35. The average molecular weight is 305 g/mol. The van der Waals surface area contributed by atoms with E-state index in [2.05, 4.69) is 15.0 Å². The summed E-state index contributed by atoms with van der Waals surface area (Å²) < 4.78 is 11.5. The molecular formula is C10H10Cl2N4O3. The molecule has 9 heteroatoms. The van der Waals surface area contributed by atoms with Gasteiger partial charge in [-0.2, -0.15) is 4.98 Å². The van der Waals surface area contributed by atoms with Gasteiger partial charge >= 0.3 is 5.97 Å². The molecule has 7 nitrogen and oxygen atoms in total. The first kappa shape index (κ1) is 14.0. The number of nitrogens with zero attached hydrogens (tertiary/aromatic N) is 4. The molecule has 0 bridgehead atoms. The largest absolute Gasteiger partial charge is 0.464 e. The van der Waals surface area contributed by atoms with Gasteiger partial charge < -0.3 is 9.47 Å². The average Bonchev–Trinajstić information content (AvgIpc) is 2.73. The highest BCUT2D eigenvalue weighted by Crippen LogP contribution is 2.20. The lowest BCUT2D eigenvalue weighted by molar-refractivity contribution is -0.149. The van der Waals surface area contributed by atoms with E-state index in [0.717, 1.165) is 0 Å². The Bertz CT molecular complexity index is 602. The molecule has 0 spiro atoms. The zero-order valence-corrected chi connectivity index (χ0v) is 11.5. The highest BCUT2D eigenvalue weighted by Gasteiger charge is 2.11. The van der Waals surface area contributed by atoms with Gasteiger partial charge in [0.15, 0.2) is 10.8 Å². The van der Waals surface area contributed by atoms with Crippen LogP contribution in [-0.4, -0.2) is 38.7 Å². The number of esters is 1. The van der Waals surface area contributed by atoms with E-state index < -0.39 is 5.97 Å². The fraction of sp³-hybridized carbons (Fsp3) is 0.400. The maximum Gasteiger partial charge on any atom is 0.332 e. The van der Waals surface area contributed by atoms with Gasteiger partial charge in [0.05, 0.1) is 12.9 Å². The normalized spacial score (nSPS) is 10.9. The van der Waals surface area contributed by atoms with Crippen LogP contribution in [0.15, 0.2) is 6.33 Å². The van der Waals surface area contributed by atoms with Crippen molar-refractivity contribution in [3.8, 4) is 0 Å². The van der Waals surface area contributed by atoms with Gasteiger partial charge in [0, 0.05) is 0 Å². The molecule has 0 amide bonds. The SMILES string of the molecule is CCOC(=O)COCn1cnc2c(Cl)nc(Cl)nc21. The number of carbonyl (C=O) groups excluding carboxylic acids is 1. The van der Waals surface area contributed by atoms with E-state index in [1.807, 2.05) is 0 Å². The van der Waals surface area contributed by atoms with Gasteiger partial charge in [-0.15, -0.1) is 0 Å². The molecule has 0 unspecified atom stereocenters. The Hall–Kier alpha value is -1.44. The van der Waals surface area contributed by atoms with E-state index in [9.17, 15) is 4.79 Å². The van der Waals surface area contributed by atoms with Crippen molar-refractivity contribution in [2.45, 2.75) is 13.7 Å². The van der Waals surface area contributed by atoms with Crippen molar-refractivity contribution in [3.63, 3.8) is 0 Å². The molecule has 0 aromatic carbocycles. The number of fused-ring (bicyclic) bond motifs is 1. The first-order valence-electron chi connectivity index (χ1n) is 5.39. The molecule has 0 saturated heterocycles. The summed E-state index contributed by atoms with van der Waals surface area (Å²) in [6.45, 7) is 1.97. The summed E-state index contributed by atoms with van der Waals surface area (Å²) in [5, 5.41) is 0.184. The summed E-state index contributed by atoms with van der Waals surface area (Å²) in [6.07, 6.45) is 1.48. The number of carbonyl (C=O) groups is 1. The van der Waals surface area contributed by atoms with E-state index in [4.69, 9.17) is 32.7 Å². The number of halogens is 2. The van der Waals surface area contributed by atoms with Crippen LogP contribution in [0.5, 0.6) is 0 Å². The lowest BCUT2D eigenvalue weighted by Gasteiger charge is -2.05. The number of hydrogen-bond acceptors (Lipinski definition) is 6. The zero-order valence-electron chi connectivity index (χ0n) is 9.97. The monoisotopic (exact) mass is 304 g/mol. The number of aromatic nitrogens is 4. The molecule has 2 heterocycles. The standard InChI is InChI=1S/C10H10Cl2N4O3/c1-2-19-6(17)3-18-5-16-4-13-7-8(11)14-10(12)15-9(7)16/h4H,2-3,5H2,1H3. The van der Waals surface area contributed by atoms with Crippen LogP contribution in [0, 0.1) is 0 Å². The van der Waals surface area contributed by atoms with Crippen LogP contribution >= 0.6 is 23.2 Å². The Morgan fingerprint density at radius 1 is 1.42 bits per heavy atom. The van der Waals surface area contributed by atoms with Crippen molar-refractivity contribution >= 4 is 40.3 Å². The summed E-state index contributed by atoms with van der Waals surface area (Å²) >= 11 is 11.6. The minimum absolute atomic E-state index is 0.0182. The Morgan fingerprint density at radius 2 is 2.21 bits per heavy atom. The van der Waals surface area contributed by atoms with Crippen LogP contribution < -0.4 is 0 Å². The third-order valence-corrected chi connectivity index (χ3v) is 2.58. The highest BCUT2D eigenvalue weighted by atomic mass is 35.5. The first-order chi connectivity index (χ1) is 9.11. The fourth-order valence-corrected chi connectivity index (χ4v) is 1.83. The van der Waals surface area contributed by atoms with Gasteiger partial charge in [0.2, 0.25) is 5.28 Å². The number of ether oxygens (including phenoxy) is 2. The van der Waals surface area contributed by atoms with E-state index in [-0.39, 0.29) is 23.8 Å². The van der Waals surface area contributed by atoms with Crippen molar-refractivity contribution in [2.75, 3.05) is 13.2 Å². The van der Waals surface area contributed by atoms with Gasteiger partial charge in [0.1, 0.15) is 18.9 Å². The molecule has 0 atom stereocenters. The second-order valence-corrected chi connectivity index (χ2v) is 4.15. The van der Waals surface area contributed by atoms with Gasteiger partial charge in [0.25, 0.3) is 0 Å². The minimum atomic E-state index is -0.433. The quantitative estimate of drug-likeness (QED) is 0.475. The molecule has 0 radical (unpaired) electrons. The van der Waals surface area contributed by atoms with Gasteiger partial charge in [-0.1, -0.05) is 11.6 Å². The summed E-state index contributed by atoms with van der Waals surface area (Å²) in [7, 11) is 0. The molecular weight excluding hydrogens is 295 g/mol. The molecule has 0 aliphatic carbocycles. The Morgan fingerprint density at radius 3 is 2.95 bits per heavy atom. The second-order valence-electron chi connectivity index (χ2n) is 3.45. The molecule has 0 N–H and O–H groups in total. The smallest absolute Gasteiger partial charge is 0.332 e. The first-order valence-corrected chi connectivity index (χ1v) is 6.14. The Labute approximate surface area is 118 Å². The van der Waals surface area contributed by atoms with E-state index >= 15 is 0 Å². The molecule has 102 valence electrons. The summed E-state index contributed by atoms with van der Waals surface area (Å²) in [6, 6.07) is 0. The maximum absolute atomic E-state index is 11.1. The Balaban J connectivity index is 2.07. The van der Waals surface area contributed by atoms with E-state index in [1.54, 1.807) is 11.5 Å². The summed E-state index contributed by atoms with van der Waals surface area (Å²) in [4.78, 5) is 22.9. The lowest BCUT2D eigenvalue weighted by Crippen LogP contribution is -2.14. The third kappa shape index (κ3) is 3.31. The van der Waals surface area contributed by atoms with Crippen LogP contribution in [0.2, 0.25) is 10.4 Å². The van der Waals surface area contributed by atoms with Gasteiger partial charge in [-0.3, -0.25) is 4.57 Å². The van der Waals surface area contributed by atoms with E-state index in [1.165, 1.54) is 6.33 Å². The van der Waals surface area contributed by atoms with Crippen molar-refractivity contribution in [1.82, 2.24) is 19.5 Å². The van der Waals surface area contributed by atoms with Crippen molar-refractivity contribution in [3.05, 3.63) is 16.8 Å². The molecule has 0 fully saturated rings. The molecule has 19 heavy (non-hydrogen) atoms. The molecule has 0 aliphatic rings. The molecule has 0 saturated carbocycles. The number of imidazole rings is 1. The third-order valence-electron chi connectivity index (χ3n) is 2.15. The molecule has 2 aromatic rings. The lowest BCUT2D eigenvalue weighted by atomic mass is 10.5. The van der Waals surface area contributed by atoms with Crippen LogP contribution in [0.3, 0.4) is 0 Å². The number of hydrogen-bond donors (Lipinski definition) is 0. The second kappa shape index (κ2) is 6.14. The van der Waals surface area contributed by atoms with Crippen LogP contribution in [0.1, 0.15) is 6.92 Å². The van der Waals surface area contributed by atoms with Gasteiger partial charge in [-0.25, -0.2) is 14.8 Å². The molecule has 2 aromatic heterocycles. The maximum atomic E-state index is 11.1.